The summed E-state index contributed by atoms with van der Waals surface area (Å²) in [7, 11) is 3.17. The fraction of sp³-hybridized carbons (Fsp3) is 0.562. The molecule has 5 nitrogen and oxygen atoms in total. The molecule has 1 aromatic rings. The Labute approximate surface area is 125 Å². The van der Waals surface area contributed by atoms with Gasteiger partial charge in [-0.2, -0.15) is 0 Å². The van der Waals surface area contributed by atoms with Gasteiger partial charge in [0.2, 0.25) is 0 Å². The molecule has 0 bridgehead atoms. The maximum absolute atomic E-state index is 12.8. The van der Waals surface area contributed by atoms with Gasteiger partial charge in [-0.15, -0.1) is 0 Å². The Morgan fingerprint density at radius 2 is 2.05 bits per heavy atom. The number of methoxy groups -OCH3 is 2. The van der Waals surface area contributed by atoms with Crippen molar-refractivity contribution in [2.45, 2.75) is 18.9 Å². The predicted octanol–water partition coefficient (Wildman–Crippen LogP) is 1.51. The topological polar surface area (TPSA) is 64.8 Å². The first kappa shape index (κ1) is 14.2. The van der Waals surface area contributed by atoms with Crippen molar-refractivity contribution in [3.8, 4) is 11.5 Å². The number of ether oxygens (including phenoxy) is 2. The Hall–Kier alpha value is -1.75. The summed E-state index contributed by atoms with van der Waals surface area (Å²) in [5, 5.41) is 0. The molecule has 0 aromatic heterocycles. The lowest BCUT2D eigenvalue weighted by Crippen LogP contribution is -2.33. The van der Waals surface area contributed by atoms with E-state index in [1.54, 1.807) is 32.4 Å². The molecule has 1 aromatic carbocycles. The van der Waals surface area contributed by atoms with Crippen LogP contribution in [0.25, 0.3) is 0 Å². The number of nitrogens with two attached hydrogens (primary N) is 1. The quantitative estimate of drug-likeness (QED) is 0.916. The SMILES string of the molecule is COc1ccc(OC)c(C(=O)N2CC3CCC(N)C3C2)c1. The van der Waals surface area contributed by atoms with E-state index in [1.807, 2.05) is 4.90 Å². The molecule has 3 atom stereocenters. The molecule has 3 rings (SSSR count). The number of rotatable bonds is 3. The number of nitrogens with zero attached hydrogens (tertiary/aromatic N) is 1. The fourth-order valence-corrected chi connectivity index (χ4v) is 3.62. The second-order valence-electron chi connectivity index (χ2n) is 5.94. The lowest BCUT2D eigenvalue weighted by Gasteiger charge is -2.20. The summed E-state index contributed by atoms with van der Waals surface area (Å²) in [5.41, 5.74) is 6.70. The molecule has 0 radical (unpaired) electrons. The van der Waals surface area contributed by atoms with Crippen LogP contribution in [0.15, 0.2) is 18.2 Å². The molecular weight excluding hydrogens is 268 g/mol. The Morgan fingerprint density at radius 3 is 2.71 bits per heavy atom. The van der Waals surface area contributed by atoms with Crippen LogP contribution in [-0.2, 0) is 0 Å². The lowest BCUT2D eigenvalue weighted by molar-refractivity contribution is 0.0776. The third-order valence-corrected chi connectivity index (χ3v) is 4.84. The van der Waals surface area contributed by atoms with Crippen LogP contribution in [-0.4, -0.2) is 44.2 Å². The molecule has 3 unspecified atom stereocenters. The van der Waals surface area contributed by atoms with Crippen LogP contribution in [0, 0.1) is 11.8 Å². The molecular formula is C16H22N2O3. The van der Waals surface area contributed by atoms with Gasteiger partial charge in [-0.1, -0.05) is 0 Å². The predicted molar refractivity (Wildman–Crippen MR) is 79.6 cm³/mol. The standard InChI is InChI=1S/C16H22N2O3/c1-20-11-4-6-15(21-2)12(7-11)16(19)18-8-10-3-5-14(17)13(10)9-18/h4,6-7,10,13-14H,3,5,8-9,17H2,1-2H3. The van der Waals surface area contributed by atoms with Gasteiger partial charge in [-0.3, -0.25) is 4.79 Å². The van der Waals surface area contributed by atoms with E-state index < -0.39 is 0 Å². The molecule has 1 aliphatic heterocycles. The number of likely N-dealkylation sites (tertiary alicyclic amines) is 1. The first-order valence-corrected chi connectivity index (χ1v) is 7.41. The molecule has 0 spiro atoms. The second-order valence-corrected chi connectivity index (χ2v) is 5.94. The zero-order chi connectivity index (χ0) is 15.0. The van der Waals surface area contributed by atoms with Crippen molar-refractivity contribution < 1.29 is 14.3 Å². The van der Waals surface area contributed by atoms with Crippen molar-refractivity contribution in [3.05, 3.63) is 23.8 Å². The highest BCUT2D eigenvalue weighted by atomic mass is 16.5. The van der Waals surface area contributed by atoms with Crippen molar-refractivity contribution in [1.29, 1.82) is 0 Å². The summed E-state index contributed by atoms with van der Waals surface area (Å²) in [5.74, 6) is 2.26. The number of carbonyl (C=O) groups excluding carboxylic acids is 1. The van der Waals surface area contributed by atoms with Gasteiger partial charge in [0.05, 0.1) is 19.8 Å². The molecule has 2 aliphatic rings. The van der Waals surface area contributed by atoms with Crippen molar-refractivity contribution in [2.75, 3.05) is 27.3 Å². The number of benzene rings is 1. The lowest BCUT2D eigenvalue weighted by atomic mass is 9.98. The highest BCUT2D eigenvalue weighted by Gasteiger charge is 2.42. The highest BCUT2D eigenvalue weighted by Crippen LogP contribution is 2.38. The van der Waals surface area contributed by atoms with E-state index in [0.717, 1.165) is 25.9 Å². The molecule has 2 N–H and O–H groups in total. The first-order chi connectivity index (χ1) is 10.1. The minimum absolute atomic E-state index is 0.00681. The van der Waals surface area contributed by atoms with Gasteiger partial charge in [-0.05, 0) is 42.9 Å². The van der Waals surface area contributed by atoms with E-state index in [4.69, 9.17) is 15.2 Å². The first-order valence-electron chi connectivity index (χ1n) is 7.41. The summed E-state index contributed by atoms with van der Waals surface area (Å²) < 4.78 is 10.5. The molecule has 1 saturated heterocycles. The average Bonchev–Trinajstić information content (AvgIpc) is 3.08. The smallest absolute Gasteiger partial charge is 0.257 e. The number of hydrogen-bond acceptors (Lipinski definition) is 4. The molecule has 5 heteroatoms. The van der Waals surface area contributed by atoms with Crippen LogP contribution < -0.4 is 15.2 Å². The fourth-order valence-electron chi connectivity index (χ4n) is 3.62. The van der Waals surface area contributed by atoms with Gasteiger partial charge in [0.15, 0.2) is 0 Å². The van der Waals surface area contributed by atoms with Gasteiger partial charge in [0.1, 0.15) is 11.5 Å². The van der Waals surface area contributed by atoms with Crippen molar-refractivity contribution in [3.63, 3.8) is 0 Å². The third kappa shape index (κ3) is 2.46. The van der Waals surface area contributed by atoms with E-state index in [9.17, 15) is 4.79 Å². The van der Waals surface area contributed by atoms with Crippen LogP contribution in [0.3, 0.4) is 0 Å². The van der Waals surface area contributed by atoms with E-state index in [1.165, 1.54) is 0 Å². The Bertz CT molecular complexity index is 546. The summed E-state index contributed by atoms with van der Waals surface area (Å²) in [6.45, 7) is 1.56. The van der Waals surface area contributed by atoms with Crippen molar-refractivity contribution >= 4 is 5.91 Å². The minimum Gasteiger partial charge on any atom is -0.497 e. The van der Waals surface area contributed by atoms with Gasteiger partial charge >= 0.3 is 0 Å². The van der Waals surface area contributed by atoms with E-state index >= 15 is 0 Å². The summed E-state index contributed by atoms with van der Waals surface area (Å²) in [6, 6.07) is 5.55. The number of fused-ring (bicyclic) bond motifs is 1. The normalized spacial score (nSPS) is 27.6. The van der Waals surface area contributed by atoms with Crippen molar-refractivity contribution in [2.24, 2.45) is 17.6 Å². The van der Waals surface area contributed by atoms with E-state index in [-0.39, 0.29) is 11.9 Å². The van der Waals surface area contributed by atoms with Crippen LogP contribution in [0.5, 0.6) is 11.5 Å². The van der Waals surface area contributed by atoms with Crippen LogP contribution >= 0.6 is 0 Å². The van der Waals surface area contributed by atoms with Crippen LogP contribution in [0.1, 0.15) is 23.2 Å². The molecule has 1 amide bonds. The average molecular weight is 290 g/mol. The number of hydrogen-bond donors (Lipinski definition) is 1. The number of amides is 1. The minimum atomic E-state index is 0.00681. The summed E-state index contributed by atoms with van der Waals surface area (Å²) >= 11 is 0. The molecule has 1 aliphatic carbocycles. The van der Waals surface area contributed by atoms with E-state index in [0.29, 0.717) is 28.9 Å². The third-order valence-electron chi connectivity index (χ3n) is 4.84. The molecule has 21 heavy (non-hydrogen) atoms. The Morgan fingerprint density at radius 1 is 1.24 bits per heavy atom. The van der Waals surface area contributed by atoms with Gasteiger partial charge < -0.3 is 20.1 Å². The molecule has 114 valence electrons. The second kappa shape index (κ2) is 5.56. The number of carbonyl (C=O) groups is 1. The summed E-state index contributed by atoms with van der Waals surface area (Å²) in [6.07, 6.45) is 2.21. The molecule has 2 fully saturated rings. The monoisotopic (exact) mass is 290 g/mol. The molecule has 1 heterocycles. The zero-order valence-corrected chi connectivity index (χ0v) is 12.5. The van der Waals surface area contributed by atoms with E-state index in [2.05, 4.69) is 0 Å². The van der Waals surface area contributed by atoms with Gasteiger partial charge in [0.25, 0.3) is 5.91 Å². The zero-order valence-electron chi connectivity index (χ0n) is 12.5. The van der Waals surface area contributed by atoms with Crippen LogP contribution in [0.2, 0.25) is 0 Å². The maximum Gasteiger partial charge on any atom is 0.257 e. The van der Waals surface area contributed by atoms with Crippen LogP contribution in [0.4, 0.5) is 0 Å². The van der Waals surface area contributed by atoms with Crippen molar-refractivity contribution in [1.82, 2.24) is 4.90 Å². The summed E-state index contributed by atoms with van der Waals surface area (Å²) in [4.78, 5) is 14.7. The molecule has 1 saturated carbocycles. The van der Waals surface area contributed by atoms with Gasteiger partial charge in [-0.25, -0.2) is 0 Å². The maximum atomic E-state index is 12.8. The highest BCUT2D eigenvalue weighted by molar-refractivity contribution is 5.97. The van der Waals surface area contributed by atoms with Gasteiger partial charge in [0, 0.05) is 19.1 Å². The Balaban J connectivity index is 1.82. The Kier molecular flexibility index (Phi) is 3.76. The largest absolute Gasteiger partial charge is 0.497 e.